The minimum atomic E-state index is 0.537. The standard InChI is InChI=1S/C11H10ClNOS/c12-11-4-3-9(6-13-11)7-15-8-10-2-1-5-14-10/h1-6H,7-8H2. The number of hydrogen-bond acceptors (Lipinski definition) is 3. The summed E-state index contributed by atoms with van der Waals surface area (Å²) in [6.07, 6.45) is 3.50. The Labute approximate surface area is 97.7 Å². The first-order valence-electron chi connectivity index (χ1n) is 4.55. The van der Waals surface area contributed by atoms with Crippen LogP contribution >= 0.6 is 23.4 Å². The van der Waals surface area contributed by atoms with Crippen LogP contribution in [0, 0.1) is 0 Å². The molecule has 0 aliphatic heterocycles. The predicted octanol–water partition coefficient (Wildman–Crippen LogP) is 3.76. The second-order valence-electron chi connectivity index (χ2n) is 3.06. The maximum atomic E-state index is 5.69. The predicted molar refractivity (Wildman–Crippen MR) is 63.0 cm³/mol. The summed E-state index contributed by atoms with van der Waals surface area (Å²) in [5.41, 5.74) is 1.18. The molecule has 0 unspecified atom stereocenters. The Morgan fingerprint density at radius 2 is 2.20 bits per heavy atom. The van der Waals surface area contributed by atoms with E-state index in [4.69, 9.17) is 16.0 Å². The van der Waals surface area contributed by atoms with Crippen molar-refractivity contribution in [3.63, 3.8) is 0 Å². The molecule has 2 heterocycles. The van der Waals surface area contributed by atoms with E-state index in [-0.39, 0.29) is 0 Å². The number of pyridine rings is 1. The summed E-state index contributed by atoms with van der Waals surface area (Å²) in [6.45, 7) is 0. The molecular weight excluding hydrogens is 230 g/mol. The van der Waals surface area contributed by atoms with Gasteiger partial charge in [0.1, 0.15) is 10.9 Å². The first kappa shape index (κ1) is 10.6. The van der Waals surface area contributed by atoms with Gasteiger partial charge in [-0.05, 0) is 23.8 Å². The van der Waals surface area contributed by atoms with E-state index in [1.165, 1.54) is 5.56 Å². The van der Waals surface area contributed by atoms with Gasteiger partial charge in [0.05, 0.1) is 12.0 Å². The molecule has 0 bridgehead atoms. The molecule has 0 spiro atoms. The Morgan fingerprint density at radius 3 is 2.87 bits per heavy atom. The topological polar surface area (TPSA) is 26.0 Å². The van der Waals surface area contributed by atoms with Crippen molar-refractivity contribution < 1.29 is 4.42 Å². The van der Waals surface area contributed by atoms with Gasteiger partial charge >= 0.3 is 0 Å². The van der Waals surface area contributed by atoms with E-state index in [0.29, 0.717) is 5.15 Å². The average Bonchev–Trinajstić information content (AvgIpc) is 2.74. The molecule has 0 radical (unpaired) electrons. The molecule has 0 saturated carbocycles. The third-order valence-electron chi connectivity index (χ3n) is 1.88. The van der Waals surface area contributed by atoms with E-state index >= 15 is 0 Å². The fraction of sp³-hybridized carbons (Fsp3) is 0.182. The maximum absolute atomic E-state index is 5.69. The number of halogens is 1. The van der Waals surface area contributed by atoms with Gasteiger partial charge < -0.3 is 4.42 Å². The summed E-state index contributed by atoms with van der Waals surface area (Å²) in [4.78, 5) is 4.02. The van der Waals surface area contributed by atoms with Gasteiger partial charge in [0.25, 0.3) is 0 Å². The minimum absolute atomic E-state index is 0.537. The molecule has 0 aliphatic rings. The largest absolute Gasteiger partial charge is 0.468 e. The lowest BCUT2D eigenvalue weighted by molar-refractivity contribution is 0.530. The molecule has 0 aliphatic carbocycles. The highest BCUT2D eigenvalue weighted by Gasteiger charge is 1.98. The van der Waals surface area contributed by atoms with Gasteiger partial charge in [-0.2, -0.15) is 0 Å². The molecule has 2 aromatic rings. The zero-order chi connectivity index (χ0) is 10.5. The molecule has 0 amide bonds. The van der Waals surface area contributed by atoms with E-state index in [1.807, 2.05) is 24.3 Å². The highest BCUT2D eigenvalue weighted by atomic mass is 35.5. The van der Waals surface area contributed by atoms with Gasteiger partial charge in [-0.3, -0.25) is 0 Å². The smallest absolute Gasteiger partial charge is 0.129 e. The number of rotatable bonds is 4. The number of furan rings is 1. The van der Waals surface area contributed by atoms with Crippen molar-refractivity contribution in [3.05, 3.63) is 53.2 Å². The molecule has 0 aromatic carbocycles. The number of hydrogen-bond donors (Lipinski definition) is 0. The normalized spacial score (nSPS) is 10.5. The van der Waals surface area contributed by atoms with Crippen LogP contribution in [0.3, 0.4) is 0 Å². The van der Waals surface area contributed by atoms with Crippen LogP contribution in [-0.4, -0.2) is 4.98 Å². The fourth-order valence-corrected chi connectivity index (χ4v) is 2.14. The van der Waals surface area contributed by atoms with E-state index in [9.17, 15) is 0 Å². The monoisotopic (exact) mass is 239 g/mol. The Balaban J connectivity index is 1.81. The van der Waals surface area contributed by atoms with Crippen LogP contribution in [0.15, 0.2) is 41.1 Å². The summed E-state index contributed by atoms with van der Waals surface area (Å²) in [5.74, 6) is 2.81. The highest BCUT2D eigenvalue weighted by molar-refractivity contribution is 7.97. The molecule has 2 nitrogen and oxygen atoms in total. The van der Waals surface area contributed by atoms with Gasteiger partial charge in [-0.1, -0.05) is 17.7 Å². The molecule has 78 valence electrons. The van der Waals surface area contributed by atoms with Gasteiger partial charge in [0.15, 0.2) is 0 Å². The summed E-state index contributed by atoms with van der Waals surface area (Å²) in [5, 5.41) is 0.537. The molecule has 0 atom stereocenters. The Hall–Kier alpha value is -0.930. The number of nitrogens with zero attached hydrogens (tertiary/aromatic N) is 1. The van der Waals surface area contributed by atoms with Crippen molar-refractivity contribution in [2.75, 3.05) is 0 Å². The minimum Gasteiger partial charge on any atom is -0.468 e. The van der Waals surface area contributed by atoms with Crippen molar-refractivity contribution in [1.82, 2.24) is 4.98 Å². The van der Waals surface area contributed by atoms with Crippen molar-refractivity contribution in [2.24, 2.45) is 0 Å². The Morgan fingerprint density at radius 1 is 1.27 bits per heavy atom. The van der Waals surface area contributed by atoms with Crippen molar-refractivity contribution in [3.8, 4) is 0 Å². The van der Waals surface area contributed by atoms with Crippen LogP contribution in [0.25, 0.3) is 0 Å². The highest BCUT2D eigenvalue weighted by Crippen LogP contribution is 2.18. The lowest BCUT2D eigenvalue weighted by Crippen LogP contribution is -1.83. The molecule has 0 fully saturated rings. The van der Waals surface area contributed by atoms with Crippen molar-refractivity contribution in [1.29, 1.82) is 0 Å². The second-order valence-corrected chi connectivity index (χ2v) is 4.43. The SMILES string of the molecule is Clc1ccc(CSCc2ccco2)cn1. The summed E-state index contributed by atoms with van der Waals surface area (Å²) >= 11 is 7.49. The third kappa shape index (κ3) is 3.29. The van der Waals surface area contributed by atoms with E-state index in [1.54, 1.807) is 24.2 Å². The lowest BCUT2D eigenvalue weighted by atomic mass is 10.3. The molecule has 15 heavy (non-hydrogen) atoms. The van der Waals surface area contributed by atoms with Gasteiger partial charge in [0.2, 0.25) is 0 Å². The van der Waals surface area contributed by atoms with E-state index in [2.05, 4.69) is 4.98 Å². The summed E-state index contributed by atoms with van der Waals surface area (Å²) < 4.78 is 5.23. The molecule has 4 heteroatoms. The van der Waals surface area contributed by atoms with Crippen molar-refractivity contribution in [2.45, 2.75) is 11.5 Å². The Kier molecular flexibility index (Phi) is 3.69. The van der Waals surface area contributed by atoms with Crippen LogP contribution in [0.1, 0.15) is 11.3 Å². The summed E-state index contributed by atoms with van der Waals surface area (Å²) in [6, 6.07) is 7.68. The zero-order valence-electron chi connectivity index (χ0n) is 8.02. The number of thioether (sulfide) groups is 1. The first-order valence-corrected chi connectivity index (χ1v) is 6.08. The second kappa shape index (κ2) is 5.24. The van der Waals surface area contributed by atoms with E-state index in [0.717, 1.165) is 17.3 Å². The molecular formula is C11H10ClNOS. The van der Waals surface area contributed by atoms with E-state index < -0.39 is 0 Å². The lowest BCUT2D eigenvalue weighted by Gasteiger charge is -1.99. The molecule has 0 saturated heterocycles. The molecule has 2 aromatic heterocycles. The first-order chi connectivity index (χ1) is 7.34. The zero-order valence-corrected chi connectivity index (χ0v) is 9.59. The fourth-order valence-electron chi connectivity index (χ4n) is 1.16. The Bertz CT molecular complexity index is 399. The number of aromatic nitrogens is 1. The van der Waals surface area contributed by atoms with Crippen LogP contribution < -0.4 is 0 Å². The van der Waals surface area contributed by atoms with Crippen LogP contribution in [-0.2, 0) is 11.5 Å². The average molecular weight is 240 g/mol. The van der Waals surface area contributed by atoms with Crippen LogP contribution in [0.5, 0.6) is 0 Å². The third-order valence-corrected chi connectivity index (χ3v) is 3.13. The maximum Gasteiger partial charge on any atom is 0.129 e. The quantitative estimate of drug-likeness (QED) is 0.760. The van der Waals surface area contributed by atoms with Crippen LogP contribution in [0.2, 0.25) is 5.15 Å². The molecule has 0 N–H and O–H groups in total. The van der Waals surface area contributed by atoms with Gasteiger partial charge in [-0.15, -0.1) is 11.8 Å². The van der Waals surface area contributed by atoms with Crippen LogP contribution in [0.4, 0.5) is 0 Å². The van der Waals surface area contributed by atoms with Gasteiger partial charge in [-0.25, -0.2) is 4.98 Å². The van der Waals surface area contributed by atoms with Gasteiger partial charge in [0, 0.05) is 11.9 Å². The van der Waals surface area contributed by atoms with Crippen molar-refractivity contribution >= 4 is 23.4 Å². The molecule has 2 rings (SSSR count). The summed E-state index contributed by atoms with van der Waals surface area (Å²) in [7, 11) is 0.